The molecule has 0 spiro atoms. The molecule has 2 N–H and O–H groups in total. The number of nitrogens with two attached hydrogens (primary N) is 1. The van der Waals surface area contributed by atoms with Crippen molar-refractivity contribution in [1.29, 1.82) is 0 Å². The third-order valence-corrected chi connectivity index (χ3v) is 2.82. The van der Waals surface area contributed by atoms with Crippen LogP contribution in [0.4, 0.5) is 5.69 Å². The van der Waals surface area contributed by atoms with Crippen LogP contribution in [-0.2, 0) is 0 Å². The Balaban J connectivity index is 3.21. The Morgan fingerprint density at radius 1 is 1.57 bits per heavy atom. The van der Waals surface area contributed by atoms with Crippen molar-refractivity contribution in [2.24, 2.45) is 10.7 Å². The number of hydrogen-bond acceptors (Lipinski definition) is 1. The van der Waals surface area contributed by atoms with E-state index in [1.165, 1.54) is 0 Å². The number of halogens is 3. The highest BCUT2D eigenvalue weighted by Crippen LogP contribution is 2.31. The molecule has 1 aromatic rings. The average molecular weight is 296 g/mol. The molecule has 76 valence electrons. The first-order valence-corrected chi connectivity index (χ1v) is 5.59. The van der Waals surface area contributed by atoms with Crippen LogP contribution >= 0.6 is 39.1 Å². The highest BCUT2D eigenvalue weighted by Gasteiger charge is 2.04. The number of amidine groups is 1. The Hall–Kier alpha value is -0.250. The minimum Gasteiger partial charge on any atom is -0.386 e. The molecule has 0 atom stereocenters. The maximum atomic E-state index is 6.04. The van der Waals surface area contributed by atoms with Gasteiger partial charge in [0.15, 0.2) is 0 Å². The lowest BCUT2D eigenvalue weighted by atomic mass is 10.2. The van der Waals surface area contributed by atoms with E-state index in [-0.39, 0.29) is 5.88 Å². The molecule has 0 fully saturated rings. The fourth-order valence-corrected chi connectivity index (χ4v) is 1.75. The molecule has 0 unspecified atom stereocenters. The molecule has 1 rings (SSSR count). The standard InChI is InChI=1S/C9H9BrCl2N2/c1-5-2-6(10)3-7(9(5)12)14-8(13)4-11/h2-3H,4H2,1H3,(H2,13,14). The number of aryl methyl sites for hydroxylation is 1. The SMILES string of the molecule is Cc1cc(Br)cc(N=C(N)CCl)c1Cl. The third kappa shape index (κ3) is 2.87. The van der Waals surface area contributed by atoms with E-state index in [0.717, 1.165) is 10.0 Å². The summed E-state index contributed by atoms with van der Waals surface area (Å²) in [6.45, 7) is 1.91. The van der Waals surface area contributed by atoms with Crippen LogP contribution in [0.1, 0.15) is 5.56 Å². The Kier molecular flexibility index (Phi) is 4.23. The van der Waals surface area contributed by atoms with Gasteiger partial charge < -0.3 is 5.73 Å². The fourth-order valence-electron chi connectivity index (χ4n) is 0.974. The molecule has 0 aliphatic heterocycles. The van der Waals surface area contributed by atoms with Crippen molar-refractivity contribution in [3.63, 3.8) is 0 Å². The van der Waals surface area contributed by atoms with Crippen molar-refractivity contribution < 1.29 is 0 Å². The van der Waals surface area contributed by atoms with E-state index in [2.05, 4.69) is 20.9 Å². The summed E-state index contributed by atoms with van der Waals surface area (Å²) in [6, 6.07) is 3.72. The normalized spacial score (nSPS) is 11.9. The van der Waals surface area contributed by atoms with Crippen LogP contribution in [0.3, 0.4) is 0 Å². The molecule has 0 amide bonds. The minimum absolute atomic E-state index is 0.196. The average Bonchev–Trinajstić information content (AvgIpc) is 2.13. The van der Waals surface area contributed by atoms with Gasteiger partial charge in [-0.15, -0.1) is 11.6 Å². The molecule has 0 radical (unpaired) electrons. The van der Waals surface area contributed by atoms with Gasteiger partial charge in [-0.25, -0.2) is 4.99 Å². The molecule has 0 bridgehead atoms. The molecule has 1 aromatic carbocycles. The summed E-state index contributed by atoms with van der Waals surface area (Å²) >= 11 is 14.9. The molecule has 0 heterocycles. The van der Waals surface area contributed by atoms with E-state index in [1.54, 1.807) is 6.07 Å². The number of hydrogen-bond donors (Lipinski definition) is 1. The lowest BCUT2D eigenvalue weighted by Crippen LogP contribution is -2.12. The molecule has 2 nitrogen and oxygen atoms in total. The number of aliphatic imine (C=N–C) groups is 1. The fraction of sp³-hybridized carbons (Fsp3) is 0.222. The van der Waals surface area contributed by atoms with Crippen molar-refractivity contribution in [2.75, 3.05) is 5.88 Å². The lowest BCUT2D eigenvalue weighted by molar-refractivity contribution is 1.39. The molecule has 0 saturated heterocycles. The molecular formula is C9H9BrCl2N2. The zero-order valence-corrected chi connectivity index (χ0v) is 10.6. The number of rotatable bonds is 2. The zero-order valence-electron chi connectivity index (χ0n) is 7.52. The minimum atomic E-state index is 0.196. The van der Waals surface area contributed by atoms with E-state index in [0.29, 0.717) is 16.5 Å². The third-order valence-electron chi connectivity index (χ3n) is 1.60. The first kappa shape index (κ1) is 11.8. The Morgan fingerprint density at radius 2 is 2.21 bits per heavy atom. The van der Waals surface area contributed by atoms with Crippen molar-refractivity contribution in [2.45, 2.75) is 6.92 Å². The summed E-state index contributed by atoms with van der Waals surface area (Å²) in [5.74, 6) is 0.549. The quantitative estimate of drug-likeness (QED) is 0.505. The van der Waals surface area contributed by atoms with E-state index in [4.69, 9.17) is 28.9 Å². The number of alkyl halides is 1. The monoisotopic (exact) mass is 294 g/mol. The van der Waals surface area contributed by atoms with Gasteiger partial charge in [0.1, 0.15) is 5.84 Å². The van der Waals surface area contributed by atoms with Gasteiger partial charge >= 0.3 is 0 Å². The van der Waals surface area contributed by atoms with Crippen LogP contribution in [0.5, 0.6) is 0 Å². The van der Waals surface area contributed by atoms with Gasteiger partial charge in [0.25, 0.3) is 0 Å². The maximum absolute atomic E-state index is 6.04. The van der Waals surface area contributed by atoms with Gasteiger partial charge in [-0.1, -0.05) is 27.5 Å². The number of benzene rings is 1. The van der Waals surface area contributed by atoms with Gasteiger partial charge in [-0.05, 0) is 24.6 Å². The van der Waals surface area contributed by atoms with Crippen LogP contribution in [0.15, 0.2) is 21.6 Å². The van der Waals surface area contributed by atoms with Gasteiger partial charge in [0, 0.05) is 4.47 Å². The van der Waals surface area contributed by atoms with Gasteiger partial charge in [-0.2, -0.15) is 0 Å². The zero-order chi connectivity index (χ0) is 10.7. The van der Waals surface area contributed by atoms with E-state index in [9.17, 15) is 0 Å². The first-order valence-electron chi connectivity index (χ1n) is 3.89. The summed E-state index contributed by atoms with van der Waals surface area (Å²) in [5.41, 5.74) is 7.10. The highest BCUT2D eigenvalue weighted by molar-refractivity contribution is 9.10. The lowest BCUT2D eigenvalue weighted by Gasteiger charge is -2.04. The van der Waals surface area contributed by atoms with Crippen molar-refractivity contribution in [3.8, 4) is 0 Å². The molecule has 0 aliphatic carbocycles. The second kappa shape index (κ2) is 5.01. The van der Waals surface area contributed by atoms with Crippen molar-refractivity contribution >= 4 is 50.7 Å². The van der Waals surface area contributed by atoms with Crippen LogP contribution in [-0.4, -0.2) is 11.7 Å². The first-order chi connectivity index (χ1) is 6.54. The summed E-state index contributed by atoms with van der Waals surface area (Å²) in [5, 5.41) is 0.598. The Bertz CT molecular complexity index is 377. The summed E-state index contributed by atoms with van der Waals surface area (Å²) < 4.78 is 0.917. The molecule has 0 aromatic heterocycles. The van der Waals surface area contributed by atoms with Gasteiger partial charge in [-0.3, -0.25) is 0 Å². The molecule has 0 aliphatic rings. The van der Waals surface area contributed by atoms with Crippen molar-refractivity contribution in [1.82, 2.24) is 0 Å². The van der Waals surface area contributed by atoms with Crippen LogP contribution in [0.2, 0.25) is 5.02 Å². The van der Waals surface area contributed by atoms with E-state index < -0.39 is 0 Å². The predicted octanol–water partition coefficient (Wildman–Crippen LogP) is 3.64. The smallest absolute Gasteiger partial charge is 0.115 e. The maximum Gasteiger partial charge on any atom is 0.115 e. The molecule has 0 saturated carbocycles. The molecular weight excluding hydrogens is 287 g/mol. The highest BCUT2D eigenvalue weighted by atomic mass is 79.9. The summed E-state index contributed by atoms with van der Waals surface area (Å²) in [4.78, 5) is 4.10. The van der Waals surface area contributed by atoms with Crippen LogP contribution in [0, 0.1) is 6.92 Å². The summed E-state index contributed by atoms with van der Waals surface area (Å²) in [6.07, 6.45) is 0. The van der Waals surface area contributed by atoms with Gasteiger partial charge in [0.05, 0.1) is 16.6 Å². The van der Waals surface area contributed by atoms with Crippen LogP contribution < -0.4 is 5.73 Å². The van der Waals surface area contributed by atoms with E-state index >= 15 is 0 Å². The second-order valence-electron chi connectivity index (χ2n) is 2.79. The molecule has 5 heteroatoms. The van der Waals surface area contributed by atoms with E-state index in [1.807, 2.05) is 13.0 Å². The number of nitrogens with zero attached hydrogens (tertiary/aromatic N) is 1. The van der Waals surface area contributed by atoms with Crippen molar-refractivity contribution in [3.05, 3.63) is 27.2 Å². The summed E-state index contributed by atoms with van der Waals surface area (Å²) in [7, 11) is 0. The van der Waals surface area contributed by atoms with Crippen LogP contribution in [0.25, 0.3) is 0 Å². The predicted molar refractivity (Wildman–Crippen MR) is 65.9 cm³/mol. The Labute approximate surface area is 101 Å². The van der Waals surface area contributed by atoms with Gasteiger partial charge in [0.2, 0.25) is 0 Å². The Morgan fingerprint density at radius 3 is 2.79 bits per heavy atom. The second-order valence-corrected chi connectivity index (χ2v) is 4.35. The topological polar surface area (TPSA) is 38.4 Å². The molecule has 14 heavy (non-hydrogen) atoms. The largest absolute Gasteiger partial charge is 0.386 e.